The molecule has 2 aliphatic rings. The lowest BCUT2D eigenvalue weighted by Gasteiger charge is -2.40. The lowest BCUT2D eigenvalue weighted by atomic mass is 10.0. The van der Waals surface area contributed by atoms with Crippen molar-refractivity contribution >= 4 is 5.96 Å². The average molecular weight is 296 g/mol. The number of aryl methyl sites for hydroxylation is 1. The molecule has 4 heteroatoms. The Hall–Kier alpha value is -2.07. The molecule has 0 fully saturated rings. The molecule has 0 bridgehead atoms. The van der Waals surface area contributed by atoms with Gasteiger partial charge in [0, 0.05) is 43.5 Å². The number of hydrogen-bond donors (Lipinski definition) is 1. The standard InChI is InChI=1S/C18H24N4/c1-13-5-7-15(8-6-13)11-22-14(2)16-12-21(4)10-9-17(16)20-18(22)19-3/h5-8H,2,9-12H2,1,3-4H3,(H,19,20). The number of nitrogens with one attached hydrogen (secondary N) is 1. The van der Waals surface area contributed by atoms with Gasteiger partial charge in [0.25, 0.3) is 0 Å². The topological polar surface area (TPSA) is 30.9 Å². The minimum Gasteiger partial charge on any atom is -0.329 e. The van der Waals surface area contributed by atoms with E-state index in [1.807, 2.05) is 7.05 Å². The highest BCUT2D eigenvalue weighted by Crippen LogP contribution is 2.28. The molecule has 116 valence electrons. The molecule has 0 saturated heterocycles. The molecule has 2 heterocycles. The van der Waals surface area contributed by atoms with E-state index in [4.69, 9.17) is 0 Å². The summed E-state index contributed by atoms with van der Waals surface area (Å²) in [5, 5.41) is 3.51. The van der Waals surface area contributed by atoms with Crippen molar-refractivity contribution in [3.8, 4) is 0 Å². The molecule has 0 saturated carbocycles. The highest BCUT2D eigenvalue weighted by molar-refractivity contribution is 5.86. The van der Waals surface area contributed by atoms with Gasteiger partial charge in [-0.2, -0.15) is 0 Å². The molecule has 1 aromatic rings. The Morgan fingerprint density at radius 2 is 2.00 bits per heavy atom. The maximum absolute atomic E-state index is 4.43. The number of guanidine groups is 1. The van der Waals surface area contributed by atoms with Crippen LogP contribution < -0.4 is 5.32 Å². The third-order valence-corrected chi connectivity index (χ3v) is 4.40. The summed E-state index contributed by atoms with van der Waals surface area (Å²) in [6, 6.07) is 8.65. The molecule has 0 unspecified atom stereocenters. The van der Waals surface area contributed by atoms with E-state index in [-0.39, 0.29) is 0 Å². The molecular formula is C18H24N4. The van der Waals surface area contributed by atoms with Crippen LogP contribution in [-0.2, 0) is 6.54 Å². The first-order valence-electron chi connectivity index (χ1n) is 7.75. The van der Waals surface area contributed by atoms with Crippen LogP contribution in [0.25, 0.3) is 0 Å². The van der Waals surface area contributed by atoms with Crippen molar-refractivity contribution in [3.63, 3.8) is 0 Å². The molecule has 0 amide bonds. The molecule has 3 rings (SSSR count). The fourth-order valence-electron chi connectivity index (χ4n) is 3.02. The summed E-state index contributed by atoms with van der Waals surface area (Å²) >= 11 is 0. The Labute approximate surface area is 132 Å². The van der Waals surface area contributed by atoms with Crippen LogP contribution in [0.15, 0.2) is 52.8 Å². The first-order valence-corrected chi connectivity index (χ1v) is 7.75. The molecule has 1 N–H and O–H groups in total. The molecule has 2 aliphatic heterocycles. The number of benzene rings is 1. The molecule has 0 atom stereocenters. The minimum absolute atomic E-state index is 0.791. The van der Waals surface area contributed by atoms with Gasteiger partial charge < -0.3 is 15.1 Å². The van der Waals surface area contributed by atoms with Gasteiger partial charge in [-0.3, -0.25) is 4.99 Å². The van der Waals surface area contributed by atoms with E-state index < -0.39 is 0 Å². The van der Waals surface area contributed by atoms with Gasteiger partial charge in [-0.1, -0.05) is 36.4 Å². The van der Waals surface area contributed by atoms with Crippen molar-refractivity contribution in [1.29, 1.82) is 0 Å². The van der Waals surface area contributed by atoms with Gasteiger partial charge in [-0.05, 0) is 19.5 Å². The highest BCUT2D eigenvalue weighted by atomic mass is 15.3. The summed E-state index contributed by atoms with van der Waals surface area (Å²) in [6.07, 6.45) is 1.03. The van der Waals surface area contributed by atoms with E-state index in [0.717, 1.165) is 37.7 Å². The zero-order valence-electron chi connectivity index (χ0n) is 13.7. The summed E-state index contributed by atoms with van der Waals surface area (Å²) in [4.78, 5) is 8.95. The Kier molecular flexibility index (Phi) is 4.03. The minimum atomic E-state index is 0.791. The van der Waals surface area contributed by atoms with Crippen LogP contribution in [0.3, 0.4) is 0 Å². The second kappa shape index (κ2) is 5.97. The predicted octanol–water partition coefficient (Wildman–Crippen LogP) is 2.49. The molecule has 22 heavy (non-hydrogen) atoms. The normalized spacial score (nSPS) is 21.1. The molecule has 0 radical (unpaired) electrons. The molecular weight excluding hydrogens is 272 g/mol. The van der Waals surface area contributed by atoms with Crippen LogP contribution in [-0.4, -0.2) is 42.9 Å². The Morgan fingerprint density at radius 1 is 1.27 bits per heavy atom. The van der Waals surface area contributed by atoms with Gasteiger partial charge in [0.2, 0.25) is 5.96 Å². The maximum atomic E-state index is 4.43. The fourth-order valence-corrected chi connectivity index (χ4v) is 3.02. The summed E-state index contributed by atoms with van der Waals surface area (Å²) in [5.74, 6) is 0.897. The van der Waals surface area contributed by atoms with Crippen LogP contribution in [0.1, 0.15) is 17.5 Å². The van der Waals surface area contributed by atoms with Crippen molar-refractivity contribution in [1.82, 2.24) is 15.1 Å². The summed E-state index contributed by atoms with van der Waals surface area (Å²) < 4.78 is 0. The van der Waals surface area contributed by atoms with Crippen LogP contribution in [0.2, 0.25) is 0 Å². The third kappa shape index (κ3) is 2.79. The number of rotatable bonds is 2. The molecule has 1 aromatic carbocycles. The van der Waals surface area contributed by atoms with Crippen molar-refractivity contribution in [3.05, 3.63) is 58.9 Å². The van der Waals surface area contributed by atoms with Crippen molar-refractivity contribution in [2.45, 2.75) is 19.9 Å². The lowest BCUT2D eigenvalue weighted by Crippen LogP contribution is -2.48. The zero-order valence-corrected chi connectivity index (χ0v) is 13.7. The van der Waals surface area contributed by atoms with Crippen molar-refractivity contribution in [2.75, 3.05) is 27.2 Å². The van der Waals surface area contributed by atoms with Gasteiger partial charge in [0.05, 0.1) is 6.54 Å². The summed E-state index contributed by atoms with van der Waals surface area (Å²) in [5.41, 5.74) is 6.21. The lowest BCUT2D eigenvalue weighted by molar-refractivity contribution is 0.330. The SMILES string of the molecule is C=C1C2=C(CCN(C)C2)NC(=NC)N1Cc1ccc(C)cc1. The van der Waals surface area contributed by atoms with Crippen LogP contribution in [0, 0.1) is 6.92 Å². The fraction of sp³-hybridized carbons (Fsp3) is 0.389. The Balaban J connectivity index is 1.88. The number of aliphatic imine (C=N–C) groups is 1. The van der Waals surface area contributed by atoms with E-state index in [2.05, 4.69) is 64.9 Å². The monoisotopic (exact) mass is 296 g/mol. The van der Waals surface area contributed by atoms with E-state index in [1.54, 1.807) is 0 Å². The van der Waals surface area contributed by atoms with Gasteiger partial charge in [0.15, 0.2) is 0 Å². The van der Waals surface area contributed by atoms with Gasteiger partial charge in [-0.25, -0.2) is 0 Å². The predicted molar refractivity (Wildman–Crippen MR) is 91.5 cm³/mol. The Bertz CT molecular complexity index is 640. The first-order chi connectivity index (χ1) is 10.6. The quantitative estimate of drug-likeness (QED) is 0.909. The van der Waals surface area contributed by atoms with Gasteiger partial charge >= 0.3 is 0 Å². The highest BCUT2D eigenvalue weighted by Gasteiger charge is 2.29. The van der Waals surface area contributed by atoms with E-state index in [0.29, 0.717) is 0 Å². The first kappa shape index (κ1) is 14.9. The smallest absolute Gasteiger partial charge is 0.202 e. The second-order valence-corrected chi connectivity index (χ2v) is 6.14. The van der Waals surface area contributed by atoms with Gasteiger partial charge in [-0.15, -0.1) is 0 Å². The van der Waals surface area contributed by atoms with E-state index in [9.17, 15) is 0 Å². The second-order valence-electron chi connectivity index (χ2n) is 6.14. The molecule has 0 aromatic heterocycles. The Morgan fingerprint density at radius 3 is 2.68 bits per heavy atom. The zero-order chi connectivity index (χ0) is 15.7. The van der Waals surface area contributed by atoms with Crippen LogP contribution >= 0.6 is 0 Å². The van der Waals surface area contributed by atoms with Gasteiger partial charge in [0.1, 0.15) is 0 Å². The van der Waals surface area contributed by atoms with Crippen LogP contribution in [0.4, 0.5) is 0 Å². The van der Waals surface area contributed by atoms with E-state index >= 15 is 0 Å². The maximum Gasteiger partial charge on any atom is 0.202 e. The number of likely N-dealkylation sites (N-methyl/N-ethyl adjacent to an activating group) is 1. The molecule has 0 aliphatic carbocycles. The van der Waals surface area contributed by atoms with E-state index in [1.165, 1.54) is 22.4 Å². The van der Waals surface area contributed by atoms with Crippen molar-refractivity contribution in [2.24, 2.45) is 4.99 Å². The number of hydrogen-bond acceptors (Lipinski definition) is 2. The summed E-state index contributed by atoms with van der Waals surface area (Å²) in [6.45, 7) is 9.27. The average Bonchev–Trinajstić information content (AvgIpc) is 2.52. The molecule has 0 spiro atoms. The van der Waals surface area contributed by atoms with Crippen molar-refractivity contribution < 1.29 is 0 Å². The largest absolute Gasteiger partial charge is 0.329 e. The summed E-state index contributed by atoms with van der Waals surface area (Å²) in [7, 11) is 3.99. The van der Waals surface area contributed by atoms with Crippen LogP contribution in [0.5, 0.6) is 0 Å². The molecule has 4 nitrogen and oxygen atoms in total. The third-order valence-electron chi connectivity index (χ3n) is 4.40. The number of nitrogens with zero attached hydrogens (tertiary/aromatic N) is 3.